The molecule has 4 rings (SSSR count). The number of carbonyl (C=O) groups is 1. The van der Waals surface area contributed by atoms with Crippen molar-refractivity contribution in [1.82, 2.24) is 9.55 Å². The van der Waals surface area contributed by atoms with Crippen LogP contribution < -0.4 is 5.32 Å². The summed E-state index contributed by atoms with van der Waals surface area (Å²) in [5.74, 6) is 0.967. The second kappa shape index (κ2) is 8.03. The maximum atomic E-state index is 11.5. The number of rotatable bonds is 5. The van der Waals surface area contributed by atoms with Crippen LogP contribution in [0.4, 0.5) is 11.6 Å². The third-order valence-corrected chi connectivity index (χ3v) is 6.50. The Kier molecular flexibility index (Phi) is 5.54. The van der Waals surface area contributed by atoms with Crippen molar-refractivity contribution in [2.75, 3.05) is 5.32 Å². The molecule has 164 valence electrons. The SMILES string of the molecule is CC(C)c1ccc(Nc2nc3cc(C(=O)O)ccc3n2[C@H]2C[C@H](C)CC(C)(C)C2)cc1. The number of imidazole rings is 1. The first-order valence-corrected chi connectivity index (χ1v) is 11.3. The van der Waals surface area contributed by atoms with Gasteiger partial charge >= 0.3 is 5.97 Å². The smallest absolute Gasteiger partial charge is 0.335 e. The van der Waals surface area contributed by atoms with Crippen LogP contribution in [0.1, 0.15) is 81.8 Å². The van der Waals surface area contributed by atoms with E-state index in [0.29, 0.717) is 17.9 Å². The molecule has 1 aromatic heterocycles. The highest BCUT2D eigenvalue weighted by molar-refractivity contribution is 5.93. The van der Waals surface area contributed by atoms with E-state index in [2.05, 4.69) is 68.8 Å². The molecule has 1 aliphatic rings. The molecule has 0 bridgehead atoms. The van der Waals surface area contributed by atoms with Gasteiger partial charge in [-0.05, 0) is 72.4 Å². The van der Waals surface area contributed by atoms with Gasteiger partial charge in [0.2, 0.25) is 5.95 Å². The Morgan fingerprint density at radius 1 is 1.16 bits per heavy atom. The predicted molar refractivity (Wildman–Crippen MR) is 126 cm³/mol. The van der Waals surface area contributed by atoms with Gasteiger partial charge in [-0.1, -0.05) is 46.8 Å². The standard InChI is InChI=1S/C26H33N3O2/c1-16(2)18-6-9-20(10-7-18)27-25-28-22-13-19(24(30)31)8-11-23(22)29(25)21-12-17(3)14-26(4,5)15-21/h6-11,13,16-17,21H,12,14-15H2,1-5H3,(H,27,28)(H,30,31)/t17-,21-/m0/s1. The van der Waals surface area contributed by atoms with E-state index in [1.54, 1.807) is 12.1 Å². The van der Waals surface area contributed by atoms with Crippen LogP contribution in [0.3, 0.4) is 0 Å². The molecule has 0 amide bonds. The molecule has 5 heteroatoms. The number of carboxylic acids is 1. The van der Waals surface area contributed by atoms with Crippen molar-refractivity contribution >= 4 is 28.6 Å². The summed E-state index contributed by atoms with van der Waals surface area (Å²) in [6.07, 6.45) is 3.39. The third-order valence-electron chi connectivity index (χ3n) is 6.50. The molecule has 31 heavy (non-hydrogen) atoms. The predicted octanol–water partition coefficient (Wildman–Crippen LogP) is 6.99. The van der Waals surface area contributed by atoms with Crippen molar-refractivity contribution in [3.05, 3.63) is 53.6 Å². The van der Waals surface area contributed by atoms with Crippen LogP contribution in [0.5, 0.6) is 0 Å². The van der Waals surface area contributed by atoms with E-state index in [4.69, 9.17) is 4.98 Å². The number of anilines is 2. The zero-order valence-corrected chi connectivity index (χ0v) is 19.1. The number of hydrogen-bond donors (Lipinski definition) is 2. The van der Waals surface area contributed by atoms with E-state index in [1.165, 1.54) is 12.0 Å². The van der Waals surface area contributed by atoms with E-state index in [-0.39, 0.29) is 11.0 Å². The van der Waals surface area contributed by atoms with E-state index in [9.17, 15) is 9.90 Å². The highest BCUT2D eigenvalue weighted by atomic mass is 16.4. The van der Waals surface area contributed by atoms with Gasteiger partial charge in [-0.2, -0.15) is 0 Å². The minimum Gasteiger partial charge on any atom is -0.478 e. The first-order chi connectivity index (χ1) is 14.6. The fourth-order valence-corrected chi connectivity index (χ4v) is 5.26. The number of nitrogens with one attached hydrogen (secondary N) is 1. The van der Waals surface area contributed by atoms with E-state index < -0.39 is 5.97 Å². The van der Waals surface area contributed by atoms with Gasteiger partial charge in [-0.15, -0.1) is 0 Å². The Bertz CT molecular complexity index is 1100. The number of carboxylic acid groups (broad SMARTS) is 1. The Morgan fingerprint density at radius 2 is 1.87 bits per heavy atom. The summed E-state index contributed by atoms with van der Waals surface area (Å²) in [5, 5.41) is 12.9. The quantitative estimate of drug-likeness (QED) is 0.468. The van der Waals surface area contributed by atoms with Crippen molar-refractivity contribution < 1.29 is 9.90 Å². The monoisotopic (exact) mass is 419 g/mol. The maximum Gasteiger partial charge on any atom is 0.335 e. The van der Waals surface area contributed by atoms with Crippen LogP contribution in [-0.4, -0.2) is 20.6 Å². The molecule has 1 saturated carbocycles. The Hall–Kier alpha value is -2.82. The molecule has 0 spiro atoms. The van der Waals surface area contributed by atoms with E-state index in [0.717, 1.165) is 35.5 Å². The van der Waals surface area contributed by atoms with Crippen LogP contribution in [0.25, 0.3) is 11.0 Å². The van der Waals surface area contributed by atoms with Crippen LogP contribution in [0, 0.1) is 11.3 Å². The minimum atomic E-state index is -0.928. The first-order valence-electron chi connectivity index (χ1n) is 11.3. The van der Waals surface area contributed by atoms with E-state index >= 15 is 0 Å². The summed E-state index contributed by atoms with van der Waals surface area (Å²) in [6.45, 7) is 11.4. The van der Waals surface area contributed by atoms with Gasteiger partial charge in [0.05, 0.1) is 16.6 Å². The normalized spacial score (nSPS) is 20.8. The van der Waals surface area contributed by atoms with Crippen LogP contribution in [0.2, 0.25) is 0 Å². The van der Waals surface area contributed by atoms with Gasteiger partial charge < -0.3 is 15.0 Å². The summed E-state index contributed by atoms with van der Waals surface area (Å²) in [4.78, 5) is 16.3. The van der Waals surface area contributed by atoms with Crippen molar-refractivity contribution in [2.45, 2.75) is 65.8 Å². The van der Waals surface area contributed by atoms with Gasteiger partial charge in [0, 0.05) is 11.7 Å². The molecule has 1 fully saturated rings. The molecule has 0 radical (unpaired) electrons. The molecule has 0 unspecified atom stereocenters. The number of aromatic nitrogens is 2. The number of benzene rings is 2. The molecule has 0 aliphatic heterocycles. The molecular weight excluding hydrogens is 386 g/mol. The Labute approximate surface area is 184 Å². The molecule has 1 aliphatic carbocycles. The second-order valence-electron chi connectivity index (χ2n) is 10.3. The van der Waals surface area contributed by atoms with Gasteiger partial charge in [0.25, 0.3) is 0 Å². The lowest BCUT2D eigenvalue weighted by atomic mass is 9.70. The van der Waals surface area contributed by atoms with Crippen molar-refractivity contribution in [3.8, 4) is 0 Å². The van der Waals surface area contributed by atoms with Gasteiger partial charge in [0.1, 0.15) is 0 Å². The van der Waals surface area contributed by atoms with Crippen molar-refractivity contribution in [1.29, 1.82) is 0 Å². The van der Waals surface area contributed by atoms with Gasteiger partial charge in [0.15, 0.2) is 0 Å². The summed E-state index contributed by atoms with van der Waals surface area (Å²) >= 11 is 0. The highest BCUT2D eigenvalue weighted by Crippen LogP contribution is 2.46. The zero-order chi connectivity index (χ0) is 22.3. The molecular formula is C26H33N3O2. The van der Waals surface area contributed by atoms with Gasteiger partial charge in [-0.3, -0.25) is 0 Å². The van der Waals surface area contributed by atoms with E-state index in [1.807, 2.05) is 6.07 Å². The Morgan fingerprint density at radius 3 is 2.48 bits per heavy atom. The van der Waals surface area contributed by atoms with Crippen molar-refractivity contribution in [3.63, 3.8) is 0 Å². The average molecular weight is 420 g/mol. The molecule has 2 N–H and O–H groups in total. The number of fused-ring (bicyclic) bond motifs is 1. The molecule has 0 saturated heterocycles. The molecule has 2 atom stereocenters. The van der Waals surface area contributed by atoms with Crippen LogP contribution in [-0.2, 0) is 0 Å². The molecule has 1 heterocycles. The number of aromatic carboxylic acids is 1. The second-order valence-corrected chi connectivity index (χ2v) is 10.3. The lowest BCUT2D eigenvalue weighted by Crippen LogP contribution is -2.29. The van der Waals surface area contributed by atoms with Gasteiger partial charge in [-0.25, -0.2) is 9.78 Å². The maximum absolute atomic E-state index is 11.5. The lowest BCUT2D eigenvalue weighted by Gasteiger charge is -2.40. The third kappa shape index (κ3) is 4.46. The topological polar surface area (TPSA) is 67.2 Å². The number of hydrogen-bond acceptors (Lipinski definition) is 3. The Balaban J connectivity index is 1.78. The minimum absolute atomic E-state index is 0.260. The highest BCUT2D eigenvalue weighted by Gasteiger charge is 2.34. The fourth-order valence-electron chi connectivity index (χ4n) is 5.26. The lowest BCUT2D eigenvalue weighted by molar-refractivity contribution is 0.0697. The largest absolute Gasteiger partial charge is 0.478 e. The average Bonchev–Trinajstić information content (AvgIpc) is 3.03. The summed E-state index contributed by atoms with van der Waals surface area (Å²) in [6, 6.07) is 14.1. The summed E-state index contributed by atoms with van der Waals surface area (Å²) in [5.41, 5.74) is 4.52. The van der Waals surface area contributed by atoms with Crippen molar-refractivity contribution in [2.24, 2.45) is 11.3 Å². The van der Waals surface area contributed by atoms with Crippen LogP contribution >= 0.6 is 0 Å². The summed E-state index contributed by atoms with van der Waals surface area (Å²) in [7, 11) is 0. The first kappa shape index (κ1) is 21.4. The fraction of sp³-hybridized carbons (Fsp3) is 0.462. The molecule has 3 aromatic rings. The zero-order valence-electron chi connectivity index (χ0n) is 19.1. The molecule has 5 nitrogen and oxygen atoms in total. The number of nitrogens with zero attached hydrogens (tertiary/aromatic N) is 2. The van der Waals surface area contributed by atoms with Crippen LogP contribution in [0.15, 0.2) is 42.5 Å². The molecule has 2 aromatic carbocycles. The summed E-state index contributed by atoms with van der Waals surface area (Å²) < 4.78 is 2.30.